The first-order valence-corrected chi connectivity index (χ1v) is 11.9. The van der Waals surface area contributed by atoms with Gasteiger partial charge in [-0.2, -0.15) is 0 Å². The Morgan fingerprint density at radius 3 is 2.70 bits per heavy atom. The Morgan fingerprint density at radius 1 is 1.18 bits per heavy atom. The van der Waals surface area contributed by atoms with E-state index in [1.807, 2.05) is 24.3 Å². The number of halogens is 1. The average molecular weight is 467 g/mol. The van der Waals surface area contributed by atoms with Gasteiger partial charge < -0.3 is 19.4 Å². The number of aromatic nitrogens is 1. The van der Waals surface area contributed by atoms with Gasteiger partial charge in [-0.15, -0.1) is 11.3 Å². The van der Waals surface area contributed by atoms with Gasteiger partial charge in [-0.25, -0.2) is 9.37 Å². The lowest BCUT2D eigenvalue weighted by atomic mass is 10.1. The first kappa shape index (κ1) is 21.9. The van der Waals surface area contributed by atoms with Gasteiger partial charge in [-0.05, 0) is 74.5 Å². The first-order chi connectivity index (χ1) is 15.9. The highest BCUT2D eigenvalue weighted by Crippen LogP contribution is 2.37. The van der Waals surface area contributed by atoms with E-state index < -0.39 is 5.82 Å². The topological polar surface area (TPSA) is 48.9 Å². The summed E-state index contributed by atoms with van der Waals surface area (Å²) in [5, 5.41) is 0. The third-order valence-electron chi connectivity index (χ3n) is 6.55. The molecule has 1 saturated heterocycles. The molecule has 8 heteroatoms. The summed E-state index contributed by atoms with van der Waals surface area (Å²) in [7, 11) is 5.67. The zero-order valence-corrected chi connectivity index (χ0v) is 19.9. The second kappa shape index (κ2) is 8.76. The number of hydrogen-bond donors (Lipinski definition) is 0. The Kier molecular flexibility index (Phi) is 5.80. The van der Waals surface area contributed by atoms with Crippen LogP contribution in [-0.2, 0) is 6.42 Å². The maximum atomic E-state index is 14.2. The number of rotatable bonds is 5. The molecule has 0 N–H and O–H groups in total. The highest BCUT2D eigenvalue weighted by molar-refractivity contribution is 7.17. The second-order valence-electron chi connectivity index (χ2n) is 8.75. The second-order valence-corrected chi connectivity index (χ2v) is 9.80. The predicted octanol–water partition coefficient (Wildman–Crippen LogP) is 4.30. The standard InChI is InChI=1S/C25H27FN4O2S/c1-28(2)19-9-10-29(15-19)23-7-5-18(14-27-23)30-11-8-17-13-22(33-24(17)25(30)31)16-4-6-21(32-3)20(26)12-16/h4-7,12-14,19H,8-11,15H2,1-3H3/t19-/m1/s1. The fourth-order valence-electron chi connectivity index (χ4n) is 4.56. The quantitative estimate of drug-likeness (QED) is 0.561. The fourth-order valence-corrected chi connectivity index (χ4v) is 5.71. The molecule has 1 atom stereocenters. The van der Waals surface area contributed by atoms with Crippen LogP contribution in [0.25, 0.3) is 10.4 Å². The van der Waals surface area contributed by atoms with Crippen molar-refractivity contribution >= 4 is 28.7 Å². The number of pyridine rings is 1. The molecular weight excluding hydrogens is 439 g/mol. The van der Waals surface area contributed by atoms with E-state index >= 15 is 0 Å². The largest absolute Gasteiger partial charge is 0.494 e. The summed E-state index contributed by atoms with van der Waals surface area (Å²) in [5.41, 5.74) is 2.58. The minimum atomic E-state index is -0.407. The van der Waals surface area contributed by atoms with Crippen LogP contribution in [0, 0.1) is 5.82 Å². The number of methoxy groups -OCH3 is 1. The monoisotopic (exact) mass is 466 g/mol. The number of benzene rings is 1. The van der Waals surface area contributed by atoms with Crippen molar-refractivity contribution in [2.75, 3.05) is 50.6 Å². The van der Waals surface area contributed by atoms with Crippen molar-refractivity contribution in [3.05, 3.63) is 58.9 Å². The van der Waals surface area contributed by atoms with Gasteiger partial charge in [0.25, 0.3) is 5.91 Å². The molecule has 33 heavy (non-hydrogen) atoms. The van der Waals surface area contributed by atoms with E-state index in [4.69, 9.17) is 4.74 Å². The van der Waals surface area contributed by atoms with Crippen LogP contribution >= 0.6 is 11.3 Å². The molecule has 0 saturated carbocycles. The predicted molar refractivity (Wildman–Crippen MR) is 130 cm³/mol. The van der Waals surface area contributed by atoms with Gasteiger partial charge in [0.05, 0.1) is 23.9 Å². The van der Waals surface area contributed by atoms with Crippen molar-refractivity contribution in [2.24, 2.45) is 0 Å². The van der Waals surface area contributed by atoms with Gasteiger partial charge in [-0.3, -0.25) is 4.79 Å². The summed E-state index contributed by atoms with van der Waals surface area (Å²) in [5.74, 6) is 0.734. The molecular formula is C25H27FN4O2S. The van der Waals surface area contributed by atoms with Gasteiger partial charge in [0, 0.05) is 30.6 Å². The minimum absolute atomic E-state index is 0.0233. The molecule has 2 aliphatic rings. The molecule has 2 aromatic heterocycles. The van der Waals surface area contributed by atoms with Crippen molar-refractivity contribution in [3.8, 4) is 16.2 Å². The lowest BCUT2D eigenvalue weighted by molar-refractivity contribution is 0.0985. The lowest BCUT2D eigenvalue weighted by Gasteiger charge is -2.27. The molecule has 172 valence electrons. The van der Waals surface area contributed by atoms with Crippen molar-refractivity contribution in [2.45, 2.75) is 18.9 Å². The maximum absolute atomic E-state index is 14.2. The van der Waals surface area contributed by atoms with Crippen molar-refractivity contribution in [3.63, 3.8) is 0 Å². The number of carbonyl (C=O) groups is 1. The van der Waals surface area contributed by atoms with Crippen LogP contribution < -0.4 is 14.5 Å². The number of amides is 1. The van der Waals surface area contributed by atoms with Crippen molar-refractivity contribution < 1.29 is 13.9 Å². The number of hydrogen-bond acceptors (Lipinski definition) is 6. The number of fused-ring (bicyclic) bond motifs is 1. The van der Waals surface area contributed by atoms with Crippen LogP contribution in [0.2, 0.25) is 0 Å². The number of anilines is 2. The molecule has 1 fully saturated rings. The highest BCUT2D eigenvalue weighted by atomic mass is 32.1. The molecule has 5 rings (SSSR count). The van der Waals surface area contributed by atoms with E-state index in [1.54, 1.807) is 17.2 Å². The molecule has 6 nitrogen and oxygen atoms in total. The zero-order valence-electron chi connectivity index (χ0n) is 19.0. The van der Waals surface area contributed by atoms with E-state index in [9.17, 15) is 9.18 Å². The van der Waals surface area contributed by atoms with Crippen LogP contribution in [0.15, 0.2) is 42.6 Å². The molecule has 0 radical (unpaired) electrons. The number of carbonyl (C=O) groups excluding carboxylic acids is 1. The van der Waals surface area contributed by atoms with Gasteiger partial charge in [0.15, 0.2) is 11.6 Å². The van der Waals surface area contributed by atoms with Crippen molar-refractivity contribution in [1.29, 1.82) is 0 Å². The third-order valence-corrected chi connectivity index (χ3v) is 7.77. The van der Waals surface area contributed by atoms with Gasteiger partial charge in [0.1, 0.15) is 5.82 Å². The molecule has 1 amide bonds. The Hall–Kier alpha value is -2.97. The Bertz CT molecular complexity index is 1180. The number of ether oxygens (including phenoxy) is 1. The van der Waals surface area contributed by atoms with E-state index in [2.05, 4.69) is 28.9 Å². The molecule has 0 bridgehead atoms. The number of likely N-dealkylation sites (N-methyl/N-ethyl adjacent to an activating group) is 1. The summed E-state index contributed by atoms with van der Waals surface area (Å²) in [6.45, 7) is 2.56. The van der Waals surface area contributed by atoms with Crippen LogP contribution in [0.4, 0.5) is 15.9 Å². The molecule has 1 aromatic carbocycles. The van der Waals surface area contributed by atoms with E-state index in [0.29, 0.717) is 17.5 Å². The van der Waals surface area contributed by atoms with Crippen LogP contribution in [0.1, 0.15) is 21.7 Å². The first-order valence-electron chi connectivity index (χ1n) is 11.1. The Balaban J connectivity index is 1.34. The van der Waals surface area contributed by atoms with Gasteiger partial charge in [0.2, 0.25) is 0 Å². The lowest BCUT2D eigenvalue weighted by Crippen LogP contribution is -2.36. The molecule has 4 heterocycles. The smallest absolute Gasteiger partial charge is 0.268 e. The zero-order chi connectivity index (χ0) is 23.1. The van der Waals surface area contributed by atoms with E-state index in [-0.39, 0.29) is 11.7 Å². The van der Waals surface area contributed by atoms with Crippen LogP contribution in [0.3, 0.4) is 0 Å². The molecule has 0 unspecified atom stereocenters. The molecule has 0 spiro atoms. The SMILES string of the molecule is COc1ccc(-c2cc3c(s2)C(=O)N(c2ccc(N4CC[C@@H](N(C)C)C4)nc2)CC3)cc1F. The average Bonchev–Trinajstić information content (AvgIpc) is 3.48. The summed E-state index contributed by atoms with van der Waals surface area (Å²) >= 11 is 1.41. The van der Waals surface area contributed by atoms with Gasteiger partial charge in [-0.1, -0.05) is 0 Å². The fraction of sp³-hybridized carbons (Fsp3) is 0.360. The van der Waals surface area contributed by atoms with Crippen LogP contribution in [-0.4, -0.2) is 62.7 Å². The molecule has 0 aliphatic carbocycles. The summed E-state index contributed by atoms with van der Waals surface area (Å²) in [4.78, 5) is 25.9. The van der Waals surface area contributed by atoms with Crippen LogP contribution in [0.5, 0.6) is 5.75 Å². The minimum Gasteiger partial charge on any atom is -0.494 e. The van der Waals surface area contributed by atoms with E-state index in [0.717, 1.165) is 53.4 Å². The maximum Gasteiger partial charge on any atom is 0.268 e. The highest BCUT2D eigenvalue weighted by Gasteiger charge is 2.29. The molecule has 3 aromatic rings. The third kappa shape index (κ3) is 4.09. The van der Waals surface area contributed by atoms with Gasteiger partial charge >= 0.3 is 0 Å². The normalized spacial score (nSPS) is 18.2. The molecule has 2 aliphatic heterocycles. The summed E-state index contributed by atoms with van der Waals surface area (Å²) in [6.07, 6.45) is 3.69. The summed E-state index contributed by atoms with van der Waals surface area (Å²) < 4.78 is 19.2. The number of nitrogens with zero attached hydrogens (tertiary/aromatic N) is 4. The summed E-state index contributed by atoms with van der Waals surface area (Å²) in [6, 6.07) is 11.4. The Morgan fingerprint density at radius 2 is 2.03 bits per heavy atom. The number of thiophene rings is 1. The van der Waals surface area contributed by atoms with Crippen molar-refractivity contribution in [1.82, 2.24) is 9.88 Å². The Labute approximate surface area is 197 Å². The van der Waals surface area contributed by atoms with E-state index in [1.165, 1.54) is 24.5 Å².